The summed E-state index contributed by atoms with van der Waals surface area (Å²) >= 11 is 0. The minimum Gasteiger partial charge on any atom is -0.311 e. The van der Waals surface area contributed by atoms with Crippen LogP contribution in [0.2, 0.25) is 0 Å². The van der Waals surface area contributed by atoms with Gasteiger partial charge < -0.3 is 4.90 Å². The van der Waals surface area contributed by atoms with Crippen molar-refractivity contribution in [3.63, 3.8) is 0 Å². The number of nitrogens with zero attached hydrogens (tertiary/aromatic N) is 1. The summed E-state index contributed by atoms with van der Waals surface area (Å²) in [6, 6.07) is 47.3. The Morgan fingerprint density at radius 3 is 1.20 bits per heavy atom. The lowest BCUT2D eigenvalue weighted by Crippen LogP contribution is -2.09. The Hall–Kier alpha value is -5.92. The average molecular weight is 581 g/mol. The minimum atomic E-state index is -0.0917. The van der Waals surface area contributed by atoms with E-state index in [0.29, 0.717) is 40.5 Å². The van der Waals surface area contributed by atoms with E-state index in [1.54, 1.807) is 36.4 Å². The molecule has 0 saturated heterocycles. The Morgan fingerprint density at radius 2 is 0.733 bits per heavy atom. The zero-order chi connectivity index (χ0) is 36.1. The molecule has 45 heavy (non-hydrogen) atoms. The maximum absolute atomic E-state index is 8.40. The Balaban J connectivity index is 1.21. The van der Waals surface area contributed by atoms with E-state index in [2.05, 4.69) is 53.4 Å². The number of hydrogen-bond donors (Lipinski definition) is 0. The van der Waals surface area contributed by atoms with Crippen molar-refractivity contribution in [2.45, 2.75) is 0 Å². The van der Waals surface area contributed by atoms with Crippen molar-refractivity contribution in [3.05, 3.63) is 188 Å². The summed E-state index contributed by atoms with van der Waals surface area (Å²) in [5.74, 6) is 0. The third-order valence-electron chi connectivity index (χ3n) is 8.18. The molecule has 212 valence electrons. The molecule has 1 nitrogen and oxygen atoms in total. The number of rotatable bonds is 6. The molecule has 8 aromatic rings. The molecule has 0 atom stereocenters. The molecule has 0 spiro atoms. The van der Waals surface area contributed by atoms with Crippen LogP contribution in [-0.4, -0.2) is 0 Å². The Morgan fingerprint density at radius 1 is 0.333 bits per heavy atom. The van der Waals surface area contributed by atoms with E-state index < -0.39 is 0 Å². The molecular formula is C44H31N. The Labute approximate surface area is 274 Å². The van der Waals surface area contributed by atoms with Crippen molar-refractivity contribution in [3.8, 4) is 33.4 Å². The normalized spacial score (nSPS) is 13.3. The highest BCUT2D eigenvalue weighted by Crippen LogP contribution is 2.39. The summed E-state index contributed by atoms with van der Waals surface area (Å²) in [5.41, 5.74) is 8.12. The van der Waals surface area contributed by atoms with Crippen molar-refractivity contribution in [2.75, 3.05) is 4.90 Å². The molecule has 0 aliphatic heterocycles. The lowest BCUT2D eigenvalue weighted by atomic mass is 9.97. The van der Waals surface area contributed by atoms with Crippen molar-refractivity contribution in [1.82, 2.24) is 0 Å². The molecule has 0 bridgehead atoms. The highest BCUT2D eigenvalue weighted by molar-refractivity contribution is 5.98. The first-order valence-corrected chi connectivity index (χ1v) is 14.8. The van der Waals surface area contributed by atoms with Crippen molar-refractivity contribution in [1.29, 1.82) is 0 Å². The smallest absolute Gasteiger partial charge is 0.0629 e. The second kappa shape index (κ2) is 11.6. The van der Waals surface area contributed by atoms with Crippen LogP contribution in [0.4, 0.5) is 17.1 Å². The molecule has 0 radical (unpaired) electrons. The predicted molar refractivity (Wildman–Crippen MR) is 192 cm³/mol. The van der Waals surface area contributed by atoms with Gasteiger partial charge in [-0.05, 0) is 91.3 Å². The monoisotopic (exact) mass is 580 g/mol. The first-order chi connectivity index (χ1) is 25.2. The fourth-order valence-electron chi connectivity index (χ4n) is 5.97. The summed E-state index contributed by atoms with van der Waals surface area (Å²) < 4.78 is 57.8. The summed E-state index contributed by atoms with van der Waals surface area (Å²) in [7, 11) is 0. The van der Waals surface area contributed by atoms with Gasteiger partial charge in [-0.25, -0.2) is 0 Å². The molecule has 0 amide bonds. The lowest BCUT2D eigenvalue weighted by molar-refractivity contribution is 1.28. The van der Waals surface area contributed by atoms with Gasteiger partial charge in [0.1, 0.15) is 0 Å². The van der Waals surface area contributed by atoms with Crippen LogP contribution in [0.1, 0.15) is 9.60 Å². The molecular weight excluding hydrogens is 542 g/mol. The van der Waals surface area contributed by atoms with Crippen LogP contribution >= 0.6 is 0 Å². The van der Waals surface area contributed by atoms with Gasteiger partial charge in [-0.1, -0.05) is 151 Å². The second-order valence-electron chi connectivity index (χ2n) is 10.8. The number of anilines is 3. The van der Waals surface area contributed by atoms with Gasteiger partial charge in [-0.2, -0.15) is 0 Å². The average Bonchev–Trinajstić information content (AvgIpc) is 3.15. The van der Waals surface area contributed by atoms with Crippen LogP contribution in [0.3, 0.4) is 0 Å². The van der Waals surface area contributed by atoms with E-state index in [9.17, 15) is 0 Å². The van der Waals surface area contributed by atoms with Crippen molar-refractivity contribution in [2.24, 2.45) is 0 Å². The Kier molecular flexibility index (Phi) is 5.20. The molecule has 8 rings (SSSR count). The summed E-state index contributed by atoms with van der Waals surface area (Å²) in [5, 5.41) is 2.98. The van der Waals surface area contributed by atoms with Gasteiger partial charge >= 0.3 is 0 Å². The quantitative estimate of drug-likeness (QED) is 0.189. The van der Waals surface area contributed by atoms with Crippen LogP contribution in [0.25, 0.3) is 54.9 Å². The van der Waals surface area contributed by atoms with Gasteiger partial charge in [-0.15, -0.1) is 0 Å². The van der Waals surface area contributed by atoms with E-state index in [4.69, 9.17) is 9.60 Å². The molecule has 0 saturated carbocycles. The number of fused-ring (bicyclic) bond motifs is 2. The standard InChI is InChI=1S/C44H31N/c1-2-10-32(11-3-1)33-20-26-38(27-21-33)45(39-28-22-36(23-29-39)43-18-8-14-34-12-4-6-16-41(34)43)40-30-24-37(25-31-40)44-19-9-15-35-13-5-7-17-42(35)44/h1-31H/i1D,2D,3D,12D,13D,14D,15D. The van der Waals surface area contributed by atoms with Gasteiger partial charge in [0.05, 0.1) is 9.60 Å². The van der Waals surface area contributed by atoms with Crippen molar-refractivity contribution >= 4 is 38.6 Å². The maximum atomic E-state index is 8.40. The largest absolute Gasteiger partial charge is 0.311 e. The maximum Gasteiger partial charge on any atom is 0.0629 e. The van der Waals surface area contributed by atoms with E-state index in [1.165, 1.54) is 0 Å². The topological polar surface area (TPSA) is 3.24 Å². The third kappa shape index (κ3) is 5.15. The van der Waals surface area contributed by atoms with Gasteiger partial charge in [-0.3, -0.25) is 0 Å². The zero-order valence-corrected chi connectivity index (χ0v) is 24.3. The molecule has 0 heterocycles. The molecule has 0 fully saturated rings. The highest BCUT2D eigenvalue weighted by atomic mass is 15.1. The van der Waals surface area contributed by atoms with Gasteiger partial charge in [0.2, 0.25) is 0 Å². The predicted octanol–water partition coefficient (Wildman–Crippen LogP) is 12.5. The van der Waals surface area contributed by atoms with Gasteiger partial charge in [0, 0.05) is 17.1 Å². The molecule has 0 aliphatic carbocycles. The Bertz CT molecular complexity index is 2460. The summed E-state index contributed by atoms with van der Waals surface area (Å²) in [4.78, 5) is 2.15. The van der Waals surface area contributed by atoms with Crippen LogP contribution in [0.5, 0.6) is 0 Å². The highest BCUT2D eigenvalue weighted by Gasteiger charge is 2.14. The third-order valence-corrected chi connectivity index (χ3v) is 8.18. The molecule has 0 aliphatic rings. The van der Waals surface area contributed by atoms with Crippen LogP contribution in [0, 0.1) is 0 Å². The fraction of sp³-hybridized carbons (Fsp3) is 0. The number of hydrogen-bond acceptors (Lipinski definition) is 1. The minimum absolute atomic E-state index is 0.0153. The first-order valence-electron chi connectivity index (χ1n) is 18.3. The van der Waals surface area contributed by atoms with Gasteiger partial charge in [0.25, 0.3) is 0 Å². The summed E-state index contributed by atoms with van der Waals surface area (Å²) in [6.07, 6.45) is 0. The van der Waals surface area contributed by atoms with E-state index in [1.807, 2.05) is 60.7 Å². The van der Waals surface area contributed by atoms with Crippen molar-refractivity contribution < 1.29 is 9.60 Å². The molecule has 0 unspecified atom stereocenters. The molecule has 0 N–H and O–H groups in total. The first kappa shape index (κ1) is 20.1. The lowest BCUT2D eigenvalue weighted by Gasteiger charge is -2.26. The van der Waals surface area contributed by atoms with Gasteiger partial charge in [0.15, 0.2) is 0 Å². The number of benzene rings is 8. The van der Waals surface area contributed by atoms with Crippen LogP contribution in [-0.2, 0) is 0 Å². The molecule has 1 heteroatoms. The molecule has 8 aromatic carbocycles. The van der Waals surface area contributed by atoms with E-state index in [-0.39, 0.29) is 18.1 Å². The van der Waals surface area contributed by atoms with E-state index in [0.717, 1.165) is 55.7 Å². The fourth-order valence-corrected chi connectivity index (χ4v) is 5.97. The second-order valence-corrected chi connectivity index (χ2v) is 10.8. The molecule has 0 aromatic heterocycles. The zero-order valence-electron chi connectivity index (χ0n) is 31.3. The summed E-state index contributed by atoms with van der Waals surface area (Å²) in [6.45, 7) is 0. The van der Waals surface area contributed by atoms with E-state index >= 15 is 0 Å². The van der Waals surface area contributed by atoms with Crippen LogP contribution in [0.15, 0.2) is 188 Å². The SMILES string of the molecule is [2H]c1cc(-c2ccc(N(c3ccc(-c4ccc([2H])c5c([2H])cccc45)cc3)c3ccc(-c4ccc([2H])c5c([2H])cccc45)cc3)cc2)cc([2H])c1[2H]. The van der Waals surface area contributed by atoms with Crippen LogP contribution < -0.4 is 4.90 Å².